The van der Waals surface area contributed by atoms with Gasteiger partial charge in [0, 0.05) is 26.1 Å². The zero-order valence-electron chi connectivity index (χ0n) is 15.5. The van der Waals surface area contributed by atoms with Crippen LogP contribution >= 0.6 is 0 Å². The van der Waals surface area contributed by atoms with Crippen LogP contribution in [0.4, 0.5) is 0 Å². The highest BCUT2D eigenvalue weighted by atomic mass is 16.5. The van der Waals surface area contributed by atoms with E-state index in [4.69, 9.17) is 4.74 Å². The molecule has 1 aromatic carbocycles. The smallest absolute Gasteiger partial charge is 0.337 e. The number of carbonyl (C=O) groups is 1. The Balaban J connectivity index is 1.90. The molecule has 0 fully saturated rings. The second-order valence-electron chi connectivity index (χ2n) is 5.60. The van der Waals surface area contributed by atoms with E-state index in [0.29, 0.717) is 12.1 Å². The maximum absolute atomic E-state index is 11.5. The Bertz CT molecular complexity index is 724. The minimum absolute atomic E-state index is 0.338. The number of hydrogen-bond donors (Lipinski definition) is 2. The minimum Gasteiger partial charge on any atom is -0.465 e. The molecule has 1 aromatic heterocycles. The van der Waals surface area contributed by atoms with E-state index in [1.807, 2.05) is 23.6 Å². The summed E-state index contributed by atoms with van der Waals surface area (Å²) in [5.74, 6) is 1.38. The number of aliphatic imine (C=N–C) groups is 1. The molecule has 0 saturated carbocycles. The molecule has 8 heteroatoms. The van der Waals surface area contributed by atoms with E-state index in [2.05, 4.69) is 32.7 Å². The fourth-order valence-corrected chi connectivity index (χ4v) is 2.41. The number of carbonyl (C=O) groups excluding carboxylic acids is 1. The van der Waals surface area contributed by atoms with Crippen molar-refractivity contribution in [1.29, 1.82) is 0 Å². The Kier molecular flexibility index (Phi) is 7.60. The molecule has 0 bridgehead atoms. The molecule has 0 unspecified atom stereocenters. The molecular formula is C18H26N6O2. The predicted molar refractivity (Wildman–Crippen MR) is 100.0 cm³/mol. The van der Waals surface area contributed by atoms with Crippen molar-refractivity contribution in [1.82, 2.24) is 25.4 Å². The van der Waals surface area contributed by atoms with E-state index in [-0.39, 0.29) is 5.97 Å². The number of guanidine groups is 1. The fraction of sp³-hybridized carbons (Fsp3) is 0.444. The predicted octanol–water partition coefficient (Wildman–Crippen LogP) is 1.38. The number of rotatable bonds is 8. The number of ether oxygens (including phenoxy) is 1. The number of esters is 1. The van der Waals surface area contributed by atoms with Crippen LogP contribution in [-0.2, 0) is 24.2 Å². The summed E-state index contributed by atoms with van der Waals surface area (Å²) in [6, 6.07) is 7.25. The lowest BCUT2D eigenvalue weighted by Gasteiger charge is -2.12. The summed E-state index contributed by atoms with van der Waals surface area (Å²) in [5.41, 5.74) is 1.55. The Morgan fingerprint density at radius 1 is 1.23 bits per heavy atom. The van der Waals surface area contributed by atoms with E-state index >= 15 is 0 Å². The van der Waals surface area contributed by atoms with Gasteiger partial charge in [0.25, 0.3) is 0 Å². The quantitative estimate of drug-likeness (QED) is 0.421. The summed E-state index contributed by atoms with van der Waals surface area (Å²) in [6.07, 6.45) is 2.60. The number of benzene rings is 1. The minimum atomic E-state index is -0.338. The van der Waals surface area contributed by atoms with Gasteiger partial charge in [0.05, 0.1) is 19.2 Å². The molecule has 26 heavy (non-hydrogen) atoms. The van der Waals surface area contributed by atoms with Gasteiger partial charge in [0.15, 0.2) is 5.96 Å². The van der Waals surface area contributed by atoms with E-state index in [9.17, 15) is 4.79 Å². The van der Waals surface area contributed by atoms with Crippen molar-refractivity contribution >= 4 is 11.9 Å². The third-order valence-corrected chi connectivity index (χ3v) is 3.80. The van der Waals surface area contributed by atoms with Crippen LogP contribution < -0.4 is 10.6 Å². The molecule has 0 aliphatic rings. The monoisotopic (exact) mass is 358 g/mol. The van der Waals surface area contributed by atoms with Crippen molar-refractivity contribution in [2.75, 3.05) is 20.2 Å². The third-order valence-electron chi connectivity index (χ3n) is 3.80. The topological polar surface area (TPSA) is 93.4 Å². The van der Waals surface area contributed by atoms with Crippen LogP contribution in [0.3, 0.4) is 0 Å². The number of methoxy groups -OCH3 is 1. The van der Waals surface area contributed by atoms with Crippen molar-refractivity contribution in [2.24, 2.45) is 4.99 Å². The van der Waals surface area contributed by atoms with Crippen molar-refractivity contribution in [2.45, 2.75) is 33.4 Å². The maximum atomic E-state index is 11.5. The van der Waals surface area contributed by atoms with Gasteiger partial charge in [-0.05, 0) is 24.6 Å². The van der Waals surface area contributed by atoms with Gasteiger partial charge in [-0.25, -0.2) is 9.79 Å². The van der Waals surface area contributed by atoms with Crippen LogP contribution in [-0.4, -0.2) is 46.9 Å². The molecule has 0 aliphatic heterocycles. The lowest BCUT2D eigenvalue weighted by atomic mass is 10.1. The first-order valence-corrected chi connectivity index (χ1v) is 8.74. The second kappa shape index (κ2) is 10.2. The highest BCUT2D eigenvalue weighted by molar-refractivity contribution is 5.89. The molecule has 2 aromatic rings. The van der Waals surface area contributed by atoms with E-state index in [1.54, 1.807) is 18.5 Å². The Hall–Kier alpha value is -2.90. The van der Waals surface area contributed by atoms with Gasteiger partial charge in [0.1, 0.15) is 12.2 Å². The first-order valence-electron chi connectivity index (χ1n) is 8.74. The van der Waals surface area contributed by atoms with Gasteiger partial charge < -0.3 is 19.9 Å². The van der Waals surface area contributed by atoms with Gasteiger partial charge in [0.2, 0.25) is 0 Å². The Morgan fingerprint density at radius 2 is 2.00 bits per heavy atom. The first kappa shape index (κ1) is 19.4. The Morgan fingerprint density at radius 3 is 2.65 bits per heavy atom. The summed E-state index contributed by atoms with van der Waals surface area (Å²) in [6.45, 7) is 6.87. The summed E-state index contributed by atoms with van der Waals surface area (Å²) >= 11 is 0. The summed E-state index contributed by atoms with van der Waals surface area (Å²) < 4.78 is 6.73. The van der Waals surface area contributed by atoms with Crippen LogP contribution in [0, 0.1) is 0 Å². The molecule has 0 aliphatic carbocycles. The molecule has 0 radical (unpaired) electrons. The van der Waals surface area contributed by atoms with Gasteiger partial charge in [-0.3, -0.25) is 0 Å². The number of hydrogen-bond acceptors (Lipinski definition) is 5. The van der Waals surface area contributed by atoms with Crippen molar-refractivity contribution < 1.29 is 9.53 Å². The third kappa shape index (κ3) is 5.58. The zero-order valence-corrected chi connectivity index (χ0v) is 15.5. The molecular weight excluding hydrogens is 332 g/mol. The van der Waals surface area contributed by atoms with Crippen molar-refractivity contribution in [3.8, 4) is 0 Å². The lowest BCUT2D eigenvalue weighted by molar-refractivity contribution is 0.0600. The molecule has 2 rings (SSSR count). The fourth-order valence-electron chi connectivity index (χ4n) is 2.41. The lowest BCUT2D eigenvalue weighted by Crippen LogP contribution is -2.38. The molecule has 8 nitrogen and oxygen atoms in total. The van der Waals surface area contributed by atoms with E-state index in [1.165, 1.54) is 7.11 Å². The molecule has 0 atom stereocenters. The first-order chi connectivity index (χ1) is 12.7. The summed E-state index contributed by atoms with van der Waals surface area (Å²) in [4.78, 5) is 16.0. The van der Waals surface area contributed by atoms with Gasteiger partial charge in [-0.1, -0.05) is 19.1 Å². The van der Waals surface area contributed by atoms with Gasteiger partial charge in [-0.2, -0.15) is 0 Å². The highest BCUT2D eigenvalue weighted by Crippen LogP contribution is 2.06. The Labute approximate surface area is 153 Å². The van der Waals surface area contributed by atoms with Gasteiger partial charge in [-0.15, -0.1) is 10.2 Å². The standard InChI is InChI=1S/C18H26N6O2/c1-4-16-23-22-13-24(16)11-10-20-18(19-5-2)21-12-14-6-8-15(9-7-14)17(25)26-3/h6-9,13H,4-5,10-12H2,1-3H3,(H2,19,20,21). The zero-order chi connectivity index (χ0) is 18.8. The van der Waals surface area contributed by atoms with Crippen LogP contribution in [0.2, 0.25) is 0 Å². The number of nitrogens with one attached hydrogen (secondary N) is 2. The molecule has 1 heterocycles. The molecule has 0 saturated heterocycles. The maximum Gasteiger partial charge on any atom is 0.337 e. The van der Waals surface area contributed by atoms with Crippen LogP contribution in [0.25, 0.3) is 0 Å². The van der Waals surface area contributed by atoms with E-state index < -0.39 is 0 Å². The molecule has 0 spiro atoms. The molecule has 0 amide bonds. The average Bonchev–Trinajstić information content (AvgIpc) is 3.13. The summed E-state index contributed by atoms with van der Waals surface area (Å²) in [5, 5.41) is 14.5. The van der Waals surface area contributed by atoms with E-state index in [0.717, 1.165) is 43.4 Å². The SMILES string of the molecule is CCNC(=NCc1ccc(C(=O)OC)cc1)NCCn1cnnc1CC. The van der Waals surface area contributed by atoms with Crippen LogP contribution in [0.5, 0.6) is 0 Å². The highest BCUT2D eigenvalue weighted by Gasteiger charge is 2.05. The largest absolute Gasteiger partial charge is 0.465 e. The normalized spacial score (nSPS) is 11.3. The average molecular weight is 358 g/mol. The van der Waals surface area contributed by atoms with Crippen LogP contribution in [0.1, 0.15) is 35.6 Å². The summed E-state index contributed by atoms with van der Waals surface area (Å²) in [7, 11) is 1.37. The van der Waals surface area contributed by atoms with Crippen molar-refractivity contribution in [3.63, 3.8) is 0 Å². The number of nitrogens with zero attached hydrogens (tertiary/aromatic N) is 4. The molecule has 2 N–H and O–H groups in total. The van der Waals surface area contributed by atoms with Crippen molar-refractivity contribution in [3.05, 3.63) is 47.5 Å². The van der Waals surface area contributed by atoms with Gasteiger partial charge >= 0.3 is 5.97 Å². The number of aryl methyl sites for hydroxylation is 1. The number of aromatic nitrogens is 3. The van der Waals surface area contributed by atoms with Crippen LogP contribution in [0.15, 0.2) is 35.6 Å². The second-order valence-corrected chi connectivity index (χ2v) is 5.60. The molecule has 140 valence electrons.